The number of nitrogens with zero attached hydrogens (tertiary/aromatic N) is 1. The highest BCUT2D eigenvalue weighted by Gasteiger charge is 2.08. The summed E-state index contributed by atoms with van der Waals surface area (Å²) in [6, 6.07) is 8.22. The minimum atomic E-state index is 0.849. The maximum Gasteiger partial charge on any atom is 0.0594 e. The van der Waals surface area contributed by atoms with Crippen LogP contribution in [0.5, 0.6) is 0 Å². The Morgan fingerprint density at radius 3 is 2.47 bits per heavy atom. The molecule has 1 saturated heterocycles. The van der Waals surface area contributed by atoms with Gasteiger partial charge in [-0.05, 0) is 43.5 Å². The number of hydrogen-bond donors (Lipinski definition) is 1. The van der Waals surface area contributed by atoms with E-state index in [1.165, 1.54) is 24.9 Å². The molecule has 1 heterocycles. The van der Waals surface area contributed by atoms with Crippen LogP contribution in [-0.2, 0) is 11.2 Å². The van der Waals surface area contributed by atoms with Crippen molar-refractivity contribution in [2.45, 2.75) is 19.3 Å². The lowest BCUT2D eigenvalue weighted by Crippen LogP contribution is -2.36. The molecule has 1 aliphatic rings. The summed E-state index contributed by atoms with van der Waals surface area (Å²) < 4.78 is 5.33. The van der Waals surface area contributed by atoms with Crippen molar-refractivity contribution in [2.24, 2.45) is 0 Å². The molecule has 17 heavy (non-hydrogen) atoms. The Morgan fingerprint density at radius 2 is 1.76 bits per heavy atom. The Balaban J connectivity index is 1.60. The molecule has 3 heteroatoms. The first-order valence-corrected chi connectivity index (χ1v) is 6.49. The fourth-order valence-electron chi connectivity index (χ4n) is 2.17. The van der Waals surface area contributed by atoms with Gasteiger partial charge in [-0.25, -0.2) is 0 Å². The van der Waals surface area contributed by atoms with E-state index in [0.717, 1.165) is 38.4 Å². The molecular formula is C14H22N2O. The van der Waals surface area contributed by atoms with Crippen molar-refractivity contribution in [3.63, 3.8) is 0 Å². The molecule has 1 fully saturated rings. The van der Waals surface area contributed by atoms with Crippen molar-refractivity contribution in [3.05, 3.63) is 29.8 Å². The molecule has 1 aromatic carbocycles. The minimum absolute atomic E-state index is 0.849. The maximum atomic E-state index is 5.66. The fourth-order valence-corrected chi connectivity index (χ4v) is 2.17. The predicted molar refractivity (Wildman–Crippen MR) is 71.1 cm³/mol. The van der Waals surface area contributed by atoms with Crippen molar-refractivity contribution >= 4 is 5.69 Å². The van der Waals surface area contributed by atoms with Gasteiger partial charge in [-0.15, -0.1) is 0 Å². The summed E-state index contributed by atoms with van der Waals surface area (Å²) in [5, 5.41) is 0. The van der Waals surface area contributed by atoms with Gasteiger partial charge >= 0.3 is 0 Å². The molecule has 0 aliphatic carbocycles. The van der Waals surface area contributed by atoms with Crippen LogP contribution >= 0.6 is 0 Å². The lowest BCUT2D eigenvalue weighted by atomic mass is 10.1. The summed E-state index contributed by atoms with van der Waals surface area (Å²) in [5.41, 5.74) is 7.90. The Kier molecular flexibility index (Phi) is 4.83. The molecule has 94 valence electrons. The molecule has 0 aromatic heterocycles. The van der Waals surface area contributed by atoms with Crippen LogP contribution in [0.2, 0.25) is 0 Å². The van der Waals surface area contributed by atoms with Gasteiger partial charge in [-0.2, -0.15) is 0 Å². The van der Waals surface area contributed by atoms with Gasteiger partial charge in [-0.1, -0.05) is 12.1 Å². The monoisotopic (exact) mass is 234 g/mol. The fraction of sp³-hybridized carbons (Fsp3) is 0.571. The van der Waals surface area contributed by atoms with Crippen molar-refractivity contribution in [3.8, 4) is 0 Å². The van der Waals surface area contributed by atoms with E-state index < -0.39 is 0 Å². The maximum absolute atomic E-state index is 5.66. The molecule has 1 aliphatic heterocycles. The molecule has 0 amide bonds. The van der Waals surface area contributed by atoms with Crippen LogP contribution in [0.4, 0.5) is 5.69 Å². The van der Waals surface area contributed by atoms with Crippen LogP contribution in [-0.4, -0.2) is 37.7 Å². The van der Waals surface area contributed by atoms with Gasteiger partial charge in [0.05, 0.1) is 13.2 Å². The number of hydrogen-bond acceptors (Lipinski definition) is 3. The first kappa shape index (κ1) is 12.4. The number of ether oxygens (including phenoxy) is 1. The van der Waals surface area contributed by atoms with Crippen LogP contribution in [0.15, 0.2) is 24.3 Å². The molecule has 0 spiro atoms. The number of unbranched alkanes of at least 4 members (excludes halogenated alkanes) is 1. The van der Waals surface area contributed by atoms with E-state index in [9.17, 15) is 0 Å². The summed E-state index contributed by atoms with van der Waals surface area (Å²) in [5.74, 6) is 0. The first-order valence-electron chi connectivity index (χ1n) is 6.49. The molecule has 1 aromatic rings. The van der Waals surface area contributed by atoms with Crippen LogP contribution in [0.1, 0.15) is 18.4 Å². The van der Waals surface area contributed by atoms with E-state index >= 15 is 0 Å². The average Bonchev–Trinajstić information content (AvgIpc) is 2.38. The van der Waals surface area contributed by atoms with Gasteiger partial charge in [0, 0.05) is 18.8 Å². The number of aryl methyl sites for hydroxylation is 1. The summed E-state index contributed by atoms with van der Waals surface area (Å²) in [6.45, 7) is 5.21. The van der Waals surface area contributed by atoms with Gasteiger partial charge in [0.25, 0.3) is 0 Å². The molecule has 2 N–H and O–H groups in total. The van der Waals surface area contributed by atoms with Crippen LogP contribution in [0, 0.1) is 0 Å². The standard InChI is InChI=1S/C14H22N2O/c15-14-6-4-13(5-7-14)3-1-2-8-16-9-11-17-12-10-16/h4-7H,1-3,8-12,15H2. The van der Waals surface area contributed by atoms with E-state index in [1.54, 1.807) is 0 Å². The summed E-state index contributed by atoms with van der Waals surface area (Å²) in [6.07, 6.45) is 3.68. The second-order valence-corrected chi connectivity index (χ2v) is 4.65. The first-order chi connectivity index (χ1) is 8.34. The Labute approximate surface area is 104 Å². The molecule has 0 radical (unpaired) electrons. The second kappa shape index (κ2) is 6.62. The number of nitrogens with two attached hydrogens (primary N) is 1. The van der Waals surface area contributed by atoms with Gasteiger partial charge in [0.2, 0.25) is 0 Å². The second-order valence-electron chi connectivity index (χ2n) is 4.65. The minimum Gasteiger partial charge on any atom is -0.399 e. The highest BCUT2D eigenvalue weighted by Crippen LogP contribution is 2.09. The van der Waals surface area contributed by atoms with E-state index in [0.29, 0.717) is 0 Å². The lowest BCUT2D eigenvalue weighted by molar-refractivity contribution is 0.0372. The molecule has 0 saturated carbocycles. The van der Waals surface area contributed by atoms with Crippen molar-refractivity contribution in [1.82, 2.24) is 4.90 Å². The third kappa shape index (κ3) is 4.36. The Hall–Kier alpha value is -1.06. The van der Waals surface area contributed by atoms with Crippen molar-refractivity contribution in [2.75, 3.05) is 38.6 Å². The lowest BCUT2D eigenvalue weighted by Gasteiger charge is -2.26. The zero-order valence-corrected chi connectivity index (χ0v) is 10.4. The van der Waals surface area contributed by atoms with Crippen LogP contribution in [0.3, 0.4) is 0 Å². The van der Waals surface area contributed by atoms with E-state index in [-0.39, 0.29) is 0 Å². The topological polar surface area (TPSA) is 38.5 Å². The Morgan fingerprint density at radius 1 is 1.06 bits per heavy atom. The average molecular weight is 234 g/mol. The third-order valence-electron chi connectivity index (χ3n) is 3.27. The Bertz CT molecular complexity index is 317. The molecule has 0 unspecified atom stereocenters. The van der Waals surface area contributed by atoms with Gasteiger partial charge in [-0.3, -0.25) is 4.90 Å². The summed E-state index contributed by atoms with van der Waals surface area (Å²) in [4.78, 5) is 2.49. The van der Waals surface area contributed by atoms with Crippen LogP contribution < -0.4 is 5.73 Å². The van der Waals surface area contributed by atoms with E-state index in [2.05, 4.69) is 17.0 Å². The molecule has 2 rings (SSSR count). The molecule has 0 bridgehead atoms. The molecule has 3 nitrogen and oxygen atoms in total. The summed E-state index contributed by atoms with van der Waals surface area (Å²) >= 11 is 0. The van der Waals surface area contributed by atoms with E-state index in [1.807, 2.05) is 12.1 Å². The largest absolute Gasteiger partial charge is 0.399 e. The van der Waals surface area contributed by atoms with Gasteiger partial charge in [0.15, 0.2) is 0 Å². The van der Waals surface area contributed by atoms with Gasteiger partial charge in [0.1, 0.15) is 0 Å². The normalized spacial score (nSPS) is 17.2. The van der Waals surface area contributed by atoms with Gasteiger partial charge < -0.3 is 10.5 Å². The number of benzene rings is 1. The van der Waals surface area contributed by atoms with Crippen LogP contribution in [0.25, 0.3) is 0 Å². The summed E-state index contributed by atoms with van der Waals surface area (Å²) in [7, 11) is 0. The zero-order chi connectivity index (χ0) is 11.9. The zero-order valence-electron chi connectivity index (χ0n) is 10.4. The number of nitrogen functional groups attached to an aromatic ring is 1. The number of morpholine rings is 1. The number of rotatable bonds is 5. The predicted octanol–water partition coefficient (Wildman–Crippen LogP) is 1.92. The third-order valence-corrected chi connectivity index (χ3v) is 3.27. The van der Waals surface area contributed by atoms with Crippen molar-refractivity contribution < 1.29 is 4.74 Å². The highest BCUT2D eigenvalue weighted by atomic mass is 16.5. The highest BCUT2D eigenvalue weighted by molar-refractivity contribution is 5.39. The SMILES string of the molecule is Nc1ccc(CCCCN2CCOCC2)cc1. The van der Waals surface area contributed by atoms with E-state index in [4.69, 9.17) is 10.5 Å². The number of anilines is 1. The quantitative estimate of drug-likeness (QED) is 0.625. The molecule has 0 atom stereocenters. The molecular weight excluding hydrogens is 212 g/mol. The smallest absolute Gasteiger partial charge is 0.0594 e. The van der Waals surface area contributed by atoms with Crippen molar-refractivity contribution in [1.29, 1.82) is 0 Å².